The van der Waals surface area contributed by atoms with E-state index in [0.717, 1.165) is 19.3 Å². The summed E-state index contributed by atoms with van der Waals surface area (Å²) in [4.78, 5) is 22.2. The van der Waals surface area contributed by atoms with E-state index in [1.54, 1.807) is 6.07 Å². The van der Waals surface area contributed by atoms with Crippen molar-refractivity contribution < 1.29 is 24.2 Å². The Hall–Kier alpha value is -1.56. The van der Waals surface area contributed by atoms with Crippen LogP contribution in [0.5, 0.6) is 11.5 Å². The number of hydrogen-bond acceptors (Lipinski definition) is 4. The van der Waals surface area contributed by atoms with E-state index in [4.69, 9.17) is 14.6 Å². The van der Waals surface area contributed by atoms with Crippen LogP contribution in [0.3, 0.4) is 0 Å². The average molecular weight is 313 g/mol. The molecule has 0 saturated heterocycles. The molecule has 0 aromatic heterocycles. The van der Waals surface area contributed by atoms with Gasteiger partial charge in [0, 0.05) is 22.9 Å². The second kappa shape index (κ2) is 3.71. The highest BCUT2D eigenvalue weighted by atomic mass is 79.9. The maximum atomic E-state index is 11.5. The molecular formula is C12H9BrO5. The van der Waals surface area contributed by atoms with Crippen molar-refractivity contribution >= 4 is 27.7 Å². The monoisotopic (exact) mass is 312 g/mol. The van der Waals surface area contributed by atoms with Crippen molar-refractivity contribution in [1.29, 1.82) is 0 Å². The summed E-state index contributed by atoms with van der Waals surface area (Å²) in [5, 5.41) is 8.73. The summed E-state index contributed by atoms with van der Waals surface area (Å²) in [7, 11) is 0. The maximum absolute atomic E-state index is 11.5. The van der Waals surface area contributed by atoms with Crippen LogP contribution in [0, 0.1) is 0 Å². The summed E-state index contributed by atoms with van der Waals surface area (Å²) in [5.74, 6) is -2.08. The first-order valence-corrected chi connectivity index (χ1v) is 6.29. The average Bonchev–Trinajstić information content (AvgIpc) is 2.65. The Labute approximate surface area is 111 Å². The molecule has 5 nitrogen and oxygen atoms in total. The molecule has 1 aliphatic heterocycles. The Morgan fingerprint density at radius 3 is 2.33 bits per heavy atom. The van der Waals surface area contributed by atoms with Crippen molar-refractivity contribution in [1.82, 2.24) is 0 Å². The zero-order chi connectivity index (χ0) is 12.9. The van der Waals surface area contributed by atoms with Crippen LogP contribution in [-0.2, 0) is 4.79 Å². The topological polar surface area (TPSA) is 72.8 Å². The third kappa shape index (κ3) is 1.59. The summed E-state index contributed by atoms with van der Waals surface area (Å²) in [6.45, 7) is 0. The van der Waals surface area contributed by atoms with E-state index >= 15 is 0 Å². The summed E-state index contributed by atoms with van der Waals surface area (Å²) >= 11 is 3.18. The van der Waals surface area contributed by atoms with Crippen molar-refractivity contribution in [3.8, 4) is 11.5 Å². The molecular weight excluding hydrogens is 304 g/mol. The van der Waals surface area contributed by atoms with Gasteiger partial charge in [-0.05, 0) is 34.5 Å². The smallest absolute Gasteiger partial charge is 0.377 e. The number of carbonyl (C=O) groups excluding carboxylic acids is 1. The van der Waals surface area contributed by atoms with Gasteiger partial charge in [0.1, 0.15) is 0 Å². The first-order valence-electron chi connectivity index (χ1n) is 5.50. The zero-order valence-corrected chi connectivity index (χ0v) is 10.8. The van der Waals surface area contributed by atoms with Gasteiger partial charge in [0.05, 0.1) is 0 Å². The number of hydrogen-bond donors (Lipinski definition) is 1. The van der Waals surface area contributed by atoms with Crippen LogP contribution >= 0.6 is 15.9 Å². The van der Waals surface area contributed by atoms with Gasteiger partial charge in [-0.2, -0.15) is 0 Å². The molecule has 1 spiro atoms. The molecule has 6 heteroatoms. The number of carboxylic acids is 1. The van der Waals surface area contributed by atoms with Crippen molar-refractivity contribution in [3.05, 3.63) is 22.2 Å². The van der Waals surface area contributed by atoms with E-state index in [1.165, 1.54) is 6.07 Å². The predicted molar refractivity (Wildman–Crippen MR) is 63.9 cm³/mol. The van der Waals surface area contributed by atoms with Crippen LogP contribution < -0.4 is 9.47 Å². The van der Waals surface area contributed by atoms with Gasteiger partial charge in [0.15, 0.2) is 11.5 Å². The summed E-state index contributed by atoms with van der Waals surface area (Å²) in [6.07, 6.45) is 2.65. The molecule has 1 aromatic rings. The molecule has 0 radical (unpaired) electrons. The van der Waals surface area contributed by atoms with E-state index < -0.39 is 17.5 Å². The number of rotatable bonds is 2. The number of halogens is 1. The quantitative estimate of drug-likeness (QED) is 0.670. The van der Waals surface area contributed by atoms with Gasteiger partial charge in [0.2, 0.25) is 0 Å². The third-order valence-corrected chi connectivity index (χ3v) is 3.84. The molecule has 94 valence electrons. The highest BCUT2D eigenvalue weighted by Crippen LogP contribution is 2.49. The fourth-order valence-electron chi connectivity index (χ4n) is 2.08. The molecule has 1 saturated carbocycles. The molecule has 3 rings (SSSR count). The molecule has 0 atom stereocenters. The Morgan fingerprint density at radius 1 is 1.22 bits per heavy atom. The van der Waals surface area contributed by atoms with Crippen molar-refractivity contribution in [3.63, 3.8) is 0 Å². The molecule has 1 fully saturated rings. The van der Waals surface area contributed by atoms with Crippen LogP contribution in [0.15, 0.2) is 16.6 Å². The number of ether oxygens (including phenoxy) is 2. The highest BCUT2D eigenvalue weighted by molar-refractivity contribution is 9.10. The Bertz CT molecular complexity index is 562. The molecule has 1 aliphatic carbocycles. The molecule has 1 aromatic carbocycles. The van der Waals surface area contributed by atoms with E-state index in [1.807, 2.05) is 0 Å². The minimum absolute atomic E-state index is 0.0706. The Kier molecular flexibility index (Phi) is 2.38. The third-order valence-electron chi connectivity index (χ3n) is 3.18. The number of fused-ring (bicyclic) bond motifs is 1. The fourth-order valence-corrected chi connectivity index (χ4v) is 2.58. The molecule has 18 heavy (non-hydrogen) atoms. The molecule has 0 amide bonds. The minimum atomic E-state index is -1.49. The largest absolute Gasteiger partial charge is 0.475 e. The number of ketones is 1. The van der Waals surface area contributed by atoms with E-state index in [-0.39, 0.29) is 5.56 Å². The van der Waals surface area contributed by atoms with E-state index in [0.29, 0.717) is 16.0 Å². The lowest BCUT2D eigenvalue weighted by Gasteiger charge is -2.35. The molecule has 1 N–H and O–H groups in total. The van der Waals surface area contributed by atoms with Crippen molar-refractivity contribution in [2.75, 3.05) is 0 Å². The van der Waals surface area contributed by atoms with Crippen LogP contribution in [-0.4, -0.2) is 22.6 Å². The molecule has 2 aliphatic rings. The minimum Gasteiger partial charge on any atom is -0.475 e. The van der Waals surface area contributed by atoms with Gasteiger partial charge in [-0.1, -0.05) is 0 Å². The van der Waals surface area contributed by atoms with Crippen LogP contribution in [0.4, 0.5) is 0 Å². The number of carbonyl (C=O) groups is 2. The standard InChI is InChI=1S/C12H9BrO5/c13-7-5-9-8(4-6(7)10(14)11(15)16)17-12(18-9)2-1-3-12/h4-5H,1-3H2,(H,15,16). The van der Waals surface area contributed by atoms with Gasteiger partial charge in [-0.25, -0.2) is 4.79 Å². The SMILES string of the molecule is O=C(O)C(=O)c1cc2c(cc1Br)OC1(CCC1)O2. The Balaban J connectivity index is 1.99. The first-order chi connectivity index (χ1) is 8.51. The lowest BCUT2D eigenvalue weighted by Crippen LogP contribution is -2.45. The normalized spacial score (nSPS) is 18.5. The van der Waals surface area contributed by atoms with Crippen molar-refractivity contribution in [2.45, 2.75) is 25.0 Å². The maximum Gasteiger partial charge on any atom is 0.377 e. The van der Waals surface area contributed by atoms with Crippen molar-refractivity contribution in [2.24, 2.45) is 0 Å². The molecule has 1 heterocycles. The number of carboxylic acid groups (broad SMARTS) is 1. The number of aliphatic carboxylic acids is 1. The first kappa shape index (κ1) is 11.5. The van der Waals surface area contributed by atoms with Gasteiger partial charge in [0.25, 0.3) is 11.6 Å². The van der Waals surface area contributed by atoms with Gasteiger partial charge in [-0.15, -0.1) is 0 Å². The van der Waals surface area contributed by atoms with Gasteiger partial charge < -0.3 is 14.6 Å². The number of Topliss-reactive ketones (excluding diaryl/α,β-unsaturated/α-hetero) is 1. The molecule has 0 unspecified atom stereocenters. The van der Waals surface area contributed by atoms with Crippen LogP contribution in [0.1, 0.15) is 29.6 Å². The highest BCUT2D eigenvalue weighted by Gasteiger charge is 2.47. The summed E-state index contributed by atoms with van der Waals surface area (Å²) in [6, 6.07) is 3.00. The number of benzene rings is 1. The fraction of sp³-hybridized carbons (Fsp3) is 0.333. The van der Waals surface area contributed by atoms with Gasteiger partial charge in [-0.3, -0.25) is 4.79 Å². The molecule has 0 bridgehead atoms. The lowest BCUT2D eigenvalue weighted by atomic mass is 9.91. The van der Waals surface area contributed by atoms with Gasteiger partial charge >= 0.3 is 5.97 Å². The van der Waals surface area contributed by atoms with Crippen LogP contribution in [0.2, 0.25) is 0 Å². The summed E-state index contributed by atoms with van der Waals surface area (Å²) < 4.78 is 11.8. The van der Waals surface area contributed by atoms with Crippen LogP contribution in [0.25, 0.3) is 0 Å². The predicted octanol–water partition coefficient (Wildman–Crippen LogP) is 2.37. The zero-order valence-electron chi connectivity index (χ0n) is 9.23. The van der Waals surface area contributed by atoms with E-state index in [2.05, 4.69) is 15.9 Å². The summed E-state index contributed by atoms with van der Waals surface area (Å²) in [5.41, 5.74) is 0.0706. The Morgan fingerprint density at radius 2 is 1.83 bits per heavy atom. The second-order valence-corrected chi connectivity index (χ2v) is 5.24. The lowest BCUT2D eigenvalue weighted by molar-refractivity contribution is -0.138. The van der Waals surface area contributed by atoms with E-state index in [9.17, 15) is 9.59 Å². The second-order valence-electron chi connectivity index (χ2n) is 4.38.